The third kappa shape index (κ3) is 13.5. The van der Waals surface area contributed by atoms with Crippen LogP contribution in [-0.4, -0.2) is 88.4 Å². The molecule has 1 aliphatic heterocycles. The topological polar surface area (TPSA) is 180 Å². The van der Waals surface area contributed by atoms with Crippen LogP contribution in [0.5, 0.6) is 0 Å². The van der Waals surface area contributed by atoms with Crippen molar-refractivity contribution in [3.63, 3.8) is 0 Å². The van der Waals surface area contributed by atoms with Crippen LogP contribution >= 0.6 is 0 Å². The van der Waals surface area contributed by atoms with Gasteiger partial charge in [-0.05, 0) is 49.4 Å². The summed E-state index contributed by atoms with van der Waals surface area (Å²) in [5, 5.41) is 10.3. The molecule has 4 fully saturated rings. The Hall–Kier alpha value is -3.90. The highest BCUT2D eigenvalue weighted by atomic mass is 16.2. The summed E-state index contributed by atoms with van der Waals surface area (Å²) in [4.78, 5) is 80.4. The van der Waals surface area contributed by atoms with E-state index in [0.717, 1.165) is 32.4 Å². The van der Waals surface area contributed by atoms with Gasteiger partial charge in [-0.25, -0.2) is 4.98 Å². The number of aromatic nitrogens is 2. The first-order valence-electron chi connectivity index (χ1n) is 18.1. The third-order valence-electron chi connectivity index (χ3n) is 9.46. The molecule has 49 heavy (non-hydrogen) atoms. The van der Waals surface area contributed by atoms with Crippen molar-refractivity contribution >= 4 is 35.8 Å². The van der Waals surface area contributed by atoms with E-state index in [0.29, 0.717) is 24.7 Å². The minimum absolute atomic E-state index is 0.0319. The van der Waals surface area contributed by atoms with E-state index in [4.69, 9.17) is 0 Å². The first-order valence-corrected chi connectivity index (χ1v) is 18.1. The van der Waals surface area contributed by atoms with Gasteiger partial charge in [0, 0.05) is 31.5 Å². The monoisotopic (exact) mass is 683 g/mol. The molecule has 1 saturated heterocycles. The Labute approximate surface area is 290 Å². The lowest BCUT2D eigenvalue weighted by Gasteiger charge is -2.33. The summed E-state index contributed by atoms with van der Waals surface area (Å²) in [6, 6.07) is -1.14. The van der Waals surface area contributed by atoms with Crippen LogP contribution in [0.15, 0.2) is 18.6 Å². The highest BCUT2D eigenvalue weighted by Crippen LogP contribution is 2.38. The Morgan fingerprint density at radius 3 is 2.02 bits per heavy atom. The molecular formula is C36H57N7O6. The molecule has 2 heterocycles. The zero-order valence-electron chi connectivity index (χ0n) is 29.8. The first-order chi connectivity index (χ1) is 23.4. The number of nitrogens with one attached hydrogen (secondary N) is 4. The van der Waals surface area contributed by atoms with Crippen molar-refractivity contribution in [3.8, 4) is 0 Å². The van der Waals surface area contributed by atoms with E-state index in [1.165, 1.54) is 76.4 Å². The molecule has 1 aromatic rings. The molecule has 272 valence electrons. The largest absolute Gasteiger partial charge is 0.348 e. The predicted molar refractivity (Wildman–Crippen MR) is 185 cm³/mol. The number of carbonyl (C=O) groups excluding carboxylic acids is 6. The molecule has 0 spiro atoms. The van der Waals surface area contributed by atoms with Gasteiger partial charge in [-0.15, -0.1) is 0 Å². The van der Waals surface area contributed by atoms with Gasteiger partial charge in [-0.2, -0.15) is 0 Å². The Kier molecular flexibility index (Phi) is 16.1. The summed E-state index contributed by atoms with van der Waals surface area (Å²) in [6.45, 7) is 9.05. The van der Waals surface area contributed by atoms with Crippen LogP contribution in [0.4, 0.5) is 0 Å². The molecule has 0 bridgehead atoms. The minimum atomic E-state index is -0.675. The number of hydrogen-bond donors (Lipinski definition) is 4. The molecular weight excluding hydrogens is 626 g/mol. The number of fused-ring (bicyclic) bond motifs is 1. The van der Waals surface area contributed by atoms with E-state index in [9.17, 15) is 28.8 Å². The Balaban J connectivity index is 0.000000256. The number of amides is 5. The summed E-state index contributed by atoms with van der Waals surface area (Å²) in [6.07, 6.45) is 20.4. The molecule has 4 atom stereocenters. The minimum Gasteiger partial charge on any atom is -0.348 e. The van der Waals surface area contributed by atoms with Crippen LogP contribution in [0.3, 0.4) is 0 Å². The fourth-order valence-electron chi connectivity index (χ4n) is 6.49. The Morgan fingerprint density at radius 2 is 1.53 bits per heavy atom. The summed E-state index contributed by atoms with van der Waals surface area (Å²) in [7, 11) is 0. The second kappa shape index (κ2) is 19.9. The van der Waals surface area contributed by atoms with Crippen molar-refractivity contribution in [3.05, 3.63) is 24.3 Å². The van der Waals surface area contributed by atoms with Gasteiger partial charge < -0.3 is 26.2 Å². The molecule has 5 amide bonds. The average molecular weight is 684 g/mol. The maximum atomic E-state index is 13.1. The average Bonchev–Trinajstić information content (AvgIpc) is 3.65. The molecule has 1 aromatic heterocycles. The number of carbonyl (C=O) groups is 6. The summed E-state index contributed by atoms with van der Waals surface area (Å²) >= 11 is 0. The zero-order chi connectivity index (χ0) is 35.8. The maximum Gasteiger partial charge on any atom is 0.289 e. The van der Waals surface area contributed by atoms with E-state index >= 15 is 0 Å². The molecule has 0 radical (unpaired) electrons. The van der Waals surface area contributed by atoms with Crippen LogP contribution in [-0.2, 0) is 24.0 Å². The molecule has 5 rings (SSSR count). The smallest absolute Gasteiger partial charge is 0.289 e. The van der Waals surface area contributed by atoms with E-state index in [2.05, 4.69) is 31.2 Å². The molecule has 4 N–H and O–H groups in total. The molecule has 13 heteroatoms. The quantitative estimate of drug-likeness (QED) is 0.192. The standard InChI is InChI=1S/C20H29N5O3.C10H16N2O3.C6H12/c1-20(2,3)17(19(28)25-11-13-5-4-6-14(13)12-25)24-16(26)10-23-18(27)15-9-21-7-8-22-15;1-2-3-8(11-6-13)9(14)10(15)12-7-4-5-7;1-2-4-6-5-3-1/h7-9,13-14,17H,4-6,10-12H2,1-3H3,(H,23,27)(H,24,26);6-8H,2-5H2,1H3,(H,11,13)(H,12,15);1-6H2. The van der Waals surface area contributed by atoms with Crippen molar-refractivity contribution < 1.29 is 28.8 Å². The molecule has 0 aromatic carbocycles. The number of likely N-dealkylation sites (tertiary alicyclic amines) is 1. The Morgan fingerprint density at radius 1 is 0.918 bits per heavy atom. The van der Waals surface area contributed by atoms with Gasteiger partial charge in [0.1, 0.15) is 11.7 Å². The predicted octanol–water partition coefficient (Wildman–Crippen LogP) is 3.09. The van der Waals surface area contributed by atoms with Gasteiger partial charge in [-0.3, -0.25) is 33.8 Å². The number of Topliss-reactive ketones (excluding diaryl/α,β-unsaturated/α-hetero) is 1. The van der Waals surface area contributed by atoms with Crippen molar-refractivity contribution in [2.45, 2.75) is 129 Å². The van der Waals surface area contributed by atoms with Crippen LogP contribution in [0.1, 0.15) is 122 Å². The second-order valence-electron chi connectivity index (χ2n) is 14.7. The maximum absolute atomic E-state index is 13.1. The number of rotatable bonds is 12. The highest BCUT2D eigenvalue weighted by molar-refractivity contribution is 6.38. The van der Waals surface area contributed by atoms with Crippen molar-refractivity contribution in [1.29, 1.82) is 0 Å². The molecule has 4 aliphatic rings. The lowest BCUT2D eigenvalue weighted by atomic mass is 9.85. The molecule has 13 nitrogen and oxygen atoms in total. The second-order valence-corrected chi connectivity index (χ2v) is 14.7. The van der Waals surface area contributed by atoms with Crippen LogP contribution < -0.4 is 21.3 Å². The zero-order valence-corrected chi connectivity index (χ0v) is 29.8. The van der Waals surface area contributed by atoms with Crippen LogP contribution in [0.2, 0.25) is 0 Å². The molecule has 3 aliphatic carbocycles. The van der Waals surface area contributed by atoms with Gasteiger partial charge in [0.05, 0.1) is 18.8 Å². The van der Waals surface area contributed by atoms with Gasteiger partial charge in [-0.1, -0.05) is 79.1 Å². The van der Waals surface area contributed by atoms with E-state index in [1.807, 2.05) is 32.6 Å². The van der Waals surface area contributed by atoms with E-state index in [-0.39, 0.29) is 24.2 Å². The van der Waals surface area contributed by atoms with Crippen LogP contribution in [0, 0.1) is 17.3 Å². The van der Waals surface area contributed by atoms with E-state index < -0.39 is 41.0 Å². The number of nitrogens with zero attached hydrogens (tertiary/aromatic N) is 3. The van der Waals surface area contributed by atoms with E-state index in [1.54, 1.807) is 0 Å². The Bertz CT molecular complexity index is 1220. The number of hydrogen-bond acceptors (Lipinski definition) is 8. The van der Waals surface area contributed by atoms with Crippen LogP contribution in [0.25, 0.3) is 0 Å². The SMILES string of the molecule is C1CCCCC1.CC(C)(C)C(NC(=O)CNC(=O)c1cnccn1)C(=O)N1CC2CCCC2C1.CCCC(NC=O)C(=O)C(=O)NC1CC1. The summed E-state index contributed by atoms with van der Waals surface area (Å²) in [5.41, 5.74) is -0.290. The lowest BCUT2D eigenvalue weighted by Crippen LogP contribution is -2.56. The van der Waals surface area contributed by atoms with Gasteiger partial charge >= 0.3 is 0 Å². The third-order valence-corrected chi connectivity index (χ3v) is 9.46. The fourth-order valence-corrected chi connectivity index (χ4v) is 6.49. The number of ketones is 1. The highest BCUT2D eigenvalue weighted by Gasteiger charge is 2.43. The fraction of sp³-hybridized carbons (Fsp3) is 0.722. The normalized spacial score (nSPS) is 20.9. The summed E-state index contributed by atoms with van der Waals surface area (Å²) in [5.74, 6) is -0.825. The van der Waals surface area contributed by atoms with Gasteiger partial charge in [0.15, 0.2) is 0 Å². The van der Waals surface area contributed by atoms with Gasteiger partial charge in [0.25, 0.3) is 11.8 Å². The molecule has 3 saturated carbocycles. The van der Waals surface area contributed by atoms with Crippen molar-refractivity contribution in [2.24, 2.45) is 17.3 Å². The van der Waals surface area contributed by atoms with Crippen molar-refractivity contribution in [2.75, 3.05) is 19.6 Å². The molecule has 4 unspecified atom stereocenters. The van der Waals surface area contributed by atoms with Gasteiger partial charge in [0.2, 0.25) is 24.0 Å². The first kappa shape index (κ1) is 39.5. The van der Waals surface area contributed by atoms with Crippen molar-refractivity contribution in [1.82, 2.24) is 36.1 Å². The summed E-state index contributed by atoms with van der Waals surface area (Å²) < 4.78 is 0. The lowest BCUT2D eigenvalue weighted by molar-refractivity contribution is -0.139.